The number of hydrogen-bond acceptors (Lipinski definition) is 0. The normalized spacial score (nSPS) is 14.1. The Hall–Kier alpha value is -0.780. The number of rotatable bonds is 12. The summed E-state index contributed by atoms with van der Waals surface area (Å²) in [6, 6.07) is 0. The lowest BCUT2D eigenvalue weighted by molar-refractivity contribution is -0.870. The summed E-state index contributed by atoms with van der Waals surface area (Å²) in [7, 11) is 6.85. The first-order valence-electron chi connectivity index (χ1n) is 8.51. The van der Waals surface area contributed by atoms with E-state index in [9.17, 15) is 0 Å². The summed E-state index contributed by atoms with van der Waals surface area (Å²) in [6.07, 6.45) is 20.2. The maximum atomic E-state index is 3.28. The minimum atomic E-state index is 1.11. The van der Waals surface area contributed by atoms with Crippen LogP contribution in [0.2, 0.25) is 0 Å². The second kappa shape index (κ2) is 10.0. The minimum Gasteiger partial charge on any atom is -0.331 e. The van der Waals surface area contributed by atoms with Crippen molar-refractivity contribution in [3.8, 4) is 0 Å². The van der Waals surface area contributed by atoms with E-state index in [1.807, 2.05) is 6.08 Å². The quantitative estimate of drug-likeness (QED) is 0.260. The van der Waals surface area contributed by atoms with Crippen molar-refractivity contribution in [2.75, 3.05) is 27.7 Å². The van der Waals surface area contributed by atoms with E-state index >= 15 is 0 Å². The van der Waals surface area contributed by atoms with Crippen LogP contribution in [0.4, 0.5) is 0 Å². The van der Waals surface area contributed by atoms with Crippen LogP contribution in [0.1, 0.15) is 64.2 Å². The highest BCUT2D eigenvalue weighted by Crippen LogP contribution is 2.15. The van der Waals surface area contributed by atoms with Gasteiger partial charge in [0.2, 0.25) is 0 Å². The lowest BCUT2D eigenvalue weighted by Gasteiger charge is -2.23. The first-order chi connectivity index (χ1) is 9.58. The SMILES string of the molecule is C[N+](C)(C)CCCCCCCCCCCC1=C=CC=C1. The van der Waals surface area contributed by atoms with Gasteiger partial charge < -0.3 is 4.48 Å². The van der Waals surface area contributed by atoms with Gasteiger partial charge in [0.05, 0.1) is 27.7 Å². The molecule has 0 N–H and O–H groups in total. The van der Waals surface area contributed by atoms with E-state index in [1.54, 1.807) is 0 Å². The molecule has 114 valence electrons. The highest BCUT2D eigenvalue weighted by atomic mass is 15.3. The number of nitrogens with zero attached hydrogens (tertiary/aromatic N) is 1. The van der Waals surface area contributed by atoms with E-state index < -0.39 is 0 Å². The largest absolute Gasteiger partial charge is 0.331 e. The smallest absolute Gasteiger partial charge is 0.0780 e. The Morgan fingerprint density at radius 1 is 0.800 bits per heavy atom. The summed E-state index contributed by atoms with van der Waals surface area (Å²) < 4.78 is 1.11. The van der Waals surface area contributed by atoms with Crippen molar-refractivity contribution in [3.63, 3.8) is 0 Å². The standard InChI is InChI=1S/C19H34N/c1-20(2,3)18-14-10-8-6-4-5-7-9-11-15-19-16-12-13-17-19/h12-13,16H,4-11,14-15,18H2,1-3H3/q+1. The summed E-state index contributed by atoms with van der Waals surface area (Å²) >= 11 is 0. The zero-order valence-corrected chi connectivity index (χ0v) is 14.0. The van der Waals surface area contributed by atoms with Crippen molar-refractivity contribution >= 4 is 0 Å². The molecule has 0 saturated carbocycles. The number of hydrogen-bond donors (Lipinski definition) is 0. The molecule has 0 spiro atoms. The van der Waals surface area contributed by atoms with Crippen LogP contribution >= 0.6 is 0 Å². The molecule has 20 heavy (non-hydrogen) atoms. The molecule has 0 aromatic rings. The zero-order chi connectivity index (χ0) is 14.7. The summed E-state index contributed by atoms with van der Waals surface area (Å²) in [6.45, 7) is 1.32. The van der Waals surface area contributed by atoms with Gasteiger partial charge in [-0.05, 0) is 37.3 Å². The Morgan fingerprint density at radius 2 is 1.35 bits per heavy atom. The van der Waals surface area contributed by atoms with E-state index in [0.717, 1.165) is 4.48 Å². The molecule has 1 heteroatoms. The van der Waals surface area contributed by atoms with Gasteiger partial charge in [-0.1, -0.05) is 50.7 Å². The third-order valence-electron chi connectivity index (χ3n) is 3.94. The molecule has 0 heterocycles. The topological polar surface area (TPSA) is 0 Å². The van der Waals surface area contributed by atoms with Crippen molar-refractivity contribution in [3.05, 3.63) is 29.5 Å². The first-order valence-corrected chi connectivity index (χ1v) is 8.51. The lowest BCUT2D eigenvalue weighted by atomic mass is 10.0. The summed E-state index contributed by atoms with van der Waals surface area (Å²) in [5, 5.41) is 0. The molecular weight excluding hydrogens is 242 g/mol. The Morgan fingerprint density at radius 3 is 1.85 bits per heavy atom. The summed E-state index contributed by atoms with van der Waals surface area (Å²) in [5.74, 6) is 0. The van der Waals surface area contributed by atoms with Crippen molar-refractivity contribution in [2.24, 2.45) is 0 Å². The van der Waals surface area contributed by atoms with Crippen LogP contribution < -0.4 is 0 Å². The molecule has 0 saturated heterocycles. The molecule has 0 radical (unpaired) electrons. The molecule has 1 rings (SSSR count). The first kappa shape index (κ1) is 17.3. The molecule has 0 fully saturated rings. The maximum Gasteiger partial charge on any atom is 0.0780 e. The van der Waals surface area contributed by atoms with Crippen LogP contribution in [0.15, 0.2) is 29.5 Å². The van der Waals surface area contributed by atoms with Gasteiger partial charge in [0, 0.05) is 0 Å². The van der Waals surface area contributed by atoms with Crippen LogP contribution in [-0.4, -0.2) is 32.2 Å². The maximum absolute atomic E-state index is 3.28. The third kappa shape index (κ3) is 10.1. The van der Waals surface area contributed by atoms with Gasteiger partial charge in [0.15, 0.2) is 0 Å². The minimum absolute atomic E-state index is 1.11. The Kier molecular flexibility index (Phi) is 8.65. The van der Waals surface area contributed by atoms with Crippen LogP contribution in [0.3, 0.4) is 0 Å². The van der Waals surface area contributed by atoms with Crippen molar-refractivity contribution in [1.29, 1.82) is 0 Å². The van der Waals surface area contributed by atoms with Crippen LogP contribution in [-0.2, 0) is 0 Å². The molecular formula is C19H34N+. The fraction of sp³-hybridized carbons (Fsp3) is 0.737. The third-order valence-corrected chi connectivity index (χ3v) is 3.94. The second-order valence-corrected chi connectivity index (χ2v) is 7.14. The molecule has 0 aromatic heterocycles. The van der Waals surface area contributed by atoms with E-state index in [0.29, 0.717) is 0 Å². The average Bonchev–Trinajstić information content (AvgIpc) is 2.87. The zero-order valence-electron chi connectivity index (χ0n) is 14.0. The molecule has 1 aliphatic rings. The van der Waals surface area contributed by atoms with Gasteiger partial charge in [-0.25, -0.2) is 0 Å². The average molecular weight is 276 g/mol. The van der Waals surface area contributed by atoms with E-state index in [2.05, 4.69) is 39.0 Å². The van der Waals surface area contributed by atoms with Crippen LogP contribution in [0.5, 0.6) is 0 Å². The molecule has 0 unspecified atom stereocenters. The fourth-order valence-corrected chi connectivity index (χ4v) is 2.66. The number of unbranched alkanes of at least 4 members (excludes halogenated alkanes) is 8. The van der Waals surface area contributed by atoms with Crippen LogP contribution in [0, 0.1) is 0 Å². The highest BCUT2D eigenvalue weighted by Gasteiger charge is 2.04. The number of allylic oxidation sites excluding steroid dienone is 3. The van der Waals surface area contributed by atoms with Gasteiger partial charge >= 0.3 is 0 Å². The fourth-order valence-electron chi connectivity index (χ4n) is 2.66. The Balaban J connectivity index is 1.76. The molecule has 1 nitrogen and oxygen atoms in total. The summed E-state index contributed by atoms with van der Waals surface area (Å²) in [5.41, 5.74) is 4.67. The predicted octanol–water partition coefficient (Wildman–Crippen LogP) is 5.24. The molecule has 0 aliphatic heterocycles. The van der Waals surface area contributed by atoms with Gasteiger partial charge in [0.1, 0.15) is 0 Å². The van der Waals surface area contributed by atoms with Crippen molar-refractivity contribution in [1.82, 2.24) is 0 Å². The molecule has 0 atom stereocenters. The van der Waals surface area contributed by atoms with Gasteiger partial charge in [0.25, 0.3) is 0 Å². The highest BCUT2D eigenvalue weighted by molar-refractivity contribution is 5.28. The second-order valence-electron chi connectivity index (χ2n) is 7.14. The molecule has 0 bridgehead atoms. The van der Waals surface area contributed by atoms with Gasteiger partial charge in [-0.2, -0.15) is 0 Å². The molecule has 1 aliphatic carbocycles. The van der Waals surface area contributed by atoms with E-state index in [4.69, 9.17) is 0 Å². The Labute approximate surface area is 126 Å². The Bertz CT molecular complexity index is 337. The number of quaternary nitrogens is 1. The van der Waals surface area contributed by atoms with Gasteiger partial charge in [-0.15, -0.1) is 5.73 Å². The van der Waals surface area contributed by atoms with Crippen molar-refractivity contribution < 1.29 is 4.48 Å². The van der Waals surface area contributed by atoms with Crippen LogP contribution in [0.25, 0.3) is 0 Å². The lowest BCUT2D eigenvalue weighted by Crippen LogP contribution is -2.35. The molecule has 0 aromatic carbocycles. The van der Waals surface area contributed by atoms with Gasteiger partial charge in [-0.3, -0.25) is 0 Å². The summed E-state index contributed by atoms with van der Waals surface area (Å²) in [4.78, 5) is 0. The van der Waals surface area contributed by atoms with E-state index in [1.165, 1.54) is 76.3 Å². The monoisotopic (exact) mass is 276 g/mol. The van der Waals surface area contributed by atoms with E-state index in [-0.39, 0.29) is 0 Å². The molecule has 0 amide bonds. The predicted molar refractivity (Wildman–Crippen MR) is 89.8 cm³/mol. The van der Waals surface area contributed by atoms with Crippen molar-refractivity contribution in [2.45, 2.75) is 64.2 Å².